The quantitative estimate of drug-likeness (QED) is 0.398. The van der Waals surface area contributed by atoms with E-state index in [4.69, 9.17) is 21.6 Å². The molecule has 0 saturated heterocycles. The molecular weight excluding hydrogens is 332 g/mol. The largest absolute Gasteiger partial charge is 0.450 e. The molecule has 0 spiro atoms. The van der Waals surface area contributed by atoms with Gasteiger partial charge in [0.2, 0.25) is 0 Å². The molecule has 0 saturated carbocycles. The number of amides is 2. The summed E-state index contributed by atoms with van der Waals surface area (Å²) >= 11 is 5.89. The fraction of sp³-hybridized carbons (Fsp3) is 0.312. The van der Waals surface area contributed by atoms with Crippen molar-refractivity contribution in [1.29, 1.82) is 5.26 Å². The minimum Gasteiger partial charge on any atom is -0.450 e. The van der Waals surface area contributed by atoms with Crippen molar-refractivity contribution in [2.75, 3.05) is 25.0 Å². The molecule has 0 aromatic heterocycles. The number of hydrogen-bond donors (Lipinski definition) is 3. The molecule has 1 aromatic rings. The Morgan fingerprint density at radius 3 is 2.79 bits per heavy atom. The van der Waals surface area contributed by atoms with Crippen LogP contribution in [0.4, 0.5) is 10.5 Å². The second-order valence-corrected chi connectivity index (χ2v) is 5.12. The van der Waals surface area contributed by atoms with E-state index in [0.29, 0.717) is 30.4 Å². The van der Waals surface area contributed by atoms with Crippen LogP contribution in [-0.4, -0.2) is 31.7 Å². The molecule has 0 bridgehead atoms. The summed E-state index contributed by atoms with van der Waals surface area (Å²) in [5.41, 5.74) is 1.28. The molecule has 0 aliphatic rings. The van der Waals surface area contributed by atoms with Crippen molar-refractivity contribution in [1.82, 2.24) is 10.6 Å². The van der Waals surface area contributed by atoms with Gasteiger partial charge in [0.05, 0.1) is 6.61 Å². The van der Waals surface area contributed by atoms with Crippen LogP contribution in [0.5, 0.6) is 0 Å². The first-order valence-electron chi connectivity index (χ1n) is 7.29. The monoisotopic (exact) mass is 350 g/mol. The number of hydrogen-bond acceptors (Lipinski definition) is 5. The van der Waals surface area contributed by atoms with Crippen molar-refractivity contribution in [3.8, 4) is 6.07 Å². The lowest BCUT2D eigenvalue weighted by atomic mass is 10.2. The number of carbonyl (C=O) groups excluding carboxylic acids is 2. The zero-order valence-electron chi connectivity index (χ0n) is 13.5. The van der Waals surface area contributed by atoms with Gasteiger partial charge in [-0.1, -0.05) is 17.7 Å². The van der Waals surface area contributed by atoms with Crippen LogP contribution in [0.1, 0.15) is 12.5 Å². The maximum absolute atomic E-state index is 12.1. The first-order valence-corrected chi connectivity index (χ1v) is 7.67. The van der Waals surface area contributed by atoms with E-state index in [2.05, 4.69) is 16.0 Å². The van der Waals surface area contributed by atoms with Crippen molar-refractivity contribution < 1.29 is 14.3 Å². The van der Waals surface area contributed by atoms with Crippen molar-refractivity contribution in [2.45, 2.75) is 13.8 Å². The lowest BCUT2D eigenvalue weighted by Crippen LogP contribution is -2.31. The first-order chi connectivity index (χ1) is 11.5. The van der Waals surface area contributed by atoms with Crippen LogP contribution in [0.15, 0.2) is 30.0 Å². The van der Waals surface area contributed by atoms with Gasteiger partial charge in [-0.15, -0.1) is 0 Å². The Hall–Kier alpha value is -2.72. The Morgan fingerprint density at radius 2 is 2.12 bits per heavy atom. The van der Waals surface area contributed by atoms with Crippen LogP contribution < -0.4 is 16.0 Å². The summed E-state index contributed by atoms with van der Waals surface area (Å²) in [6.07, 6.45) is 0.778. The van der Waals surface area contributed by atoms with Crippen molar-refractivity contribution in [3.05, 3.63) is 40.6 Å². The van der Waals surface area contributed by atoms with Gasteiger partial charge in [-0.25, -0.2) is 4.79 Å². The number of alkyl carbamates (subject to hydrolysis) is 1. The molecule has 7 nitrogen and oxygen atoms in total. The summed E-state index contributed by atoms with van der Waals surface area (Å²) in [7, 11) is 0. The molecule has 0 atom stereocenters. The molecule has 0 radical (unpaired) electrons. The van der Waals surface area contributed by atoms with Gasteiger partial charge in [0.1, 0.15) is 11.6 Å². The van der Waals surface area contributed by atoms with E-state index in [-0.39, 0.29) is 5.57 Å². The number of aryl methyl sites for hydroxylation is 1. The number of rotatable bonds is 7. The molecule has 0 fully saturated rings. The highest BCUT2D eigenvalue weighted by atomic mass is 35.5. The number of anilines is 1. The summed E-state index contributed by atoms with van der Waals surface area (Å²) in [5.74, 6) is -0.547. The summed E-state index contributed by atoms with van der Waals surface area (Å²) in [6.45, 7) is 4.46. The van der Waals surface area contributed by atoms with E-state index >= 15 is 0 Å². The minimum absolute atomic E-state index is 0.0921. The van der Waals surface area contributed by atoms with E-state index in [0.717, 1.165) is 5.56 Å². The molecular formula is C16H19ClN4O3. The summed E-state index contributed by atoms with van der Waals surface area (Å²) in [5, 5.41) is 17.5. The number of benzene rings is 1. The molecule has 24 heavy (non-hydrogen) atoms. The molecule has 128 valence electrons. The number of halogens is 1. The molecule has 8 heteroatoms. The van der Waals surface area contributed by atoms with E-state index < -0.39 is 12.0 Å². The Labute approximate surface area is 145 Å². The maximum Gasteiger partial charge on any atom is 0.407 e. The van der Waals surface area contributed by atoms with Crippen LogP contribution in [0.2, 0.25) is 5.02 Å². The van der Waals surface area contributed by atoms with Crippen LogP contribution in [-0.2, 0) is 9.53 Å². The average molecular weight is 351 g/mol. The minimum atomic E-state index is -0.547. The zero-order valence-corrected chi connectivity index (χ0v) is 14.2. The Balaban J connectivity index is 2.53. The third kappa shape index (κ3) is 6.58. The fourth-order valence-corrected chi connectivity index (χ4v) is 1.83. The maximum atomic E-state index is 12.1. The third-order valence-corrected chi connectivity index (χ3v) is 3.11. The fourth-order valence-electron chi connectivity index (χ4n) is 1.66. The van der Waals surface area contributed by atoms with Gasteiger partial charge in [-0.05, 0) is 31.5 Å². The Bertz CT molecular complexity index is 668. The van der Waals surface area contributed by atoms with Gasteiger partial charge < -0.3 is 20.7 Å². The molecule has 0 aliphatic heterocycles. The van der Waals surface area contributed by atoms with Gasteiger partial charge in [-0.2, -0.15) is 5.26 Å². The second-order valence-electron chi connectivity index (χ2n) is 4.68. The molecule has 2 amide bonds. The molecule has 1 aromatic carbocycles. The lowest BCUT2D eigenvalue weighted by Gasteiger charge is -2.09. The Kier molecular flexibility index (Phi) is 8.16. The zero-order chi connectivity index (χ0) is 17.9. The first kappa shape index (κ1) is 19.3. The average Bonchev–Trinajstić information content (AvgIpc) is 2.54. The highest BCUT2D eigenvalue weighted by Gasteiger charge is 2.10. The number of nitrogens with zero attached hydrogens (tertiary/aromatic N) is 1. The normalized spacial score (nSPS) is 10.5. The van der Waals surface area contributed by atoms with Crippen LogP contribution in [0, 0.1) is 18.3 Å². The standard InChI is InChI=1S/C16H19ClN4O3/c1-3-24-16(23)20-7-6-19-10-12(9-18)15(22)21-14-8-13(17)5-4-11(14)2/h4-5,8,10,19H,3,6-7H2,1-2H3,(H,20,23)(H,21,22)/b12-10-. The van der Waals surface area contributed by atoms with Crippen molar-refractivity contribution >= 4 is 29.3 Å². The number of nitriles is 1. The van der Waals surface area contributed by atoms with E-state index in [9.17, 15) is 9.59 Å². The van der Waals surface area contributed by atoms with Crippen molar-refractivity contribution in [3.63, 3.8) is 0 Å². The molecule has 1 rings (SSSR count). The summed E-state index contributed by atoms with van der Waals surface area (Å²) in [6, 6.07) is 6.91. The van der Waals surface area contributed by atoms with E-state index in [1.165, 1.54) is 6.20 Å². The van der Waals surface area contributed by atoms with Crippen LogP contribution in [0.25, 0.3) is 0 Å². The van der Waals surface area contributed by atoms with Crippen LogP contribution in [0.3, 0.4) is 0 Å². The van der Waals surface area contributed by atoms with Gasteiger partial charge in [0.15, 0.2) is 0 Å². The highest BCUT2D eigenvalue weighted by Crippen LogP contribution is 2.20. The third-order valence-electron chi connectivity index (χ3n) is 2.87. The molecule has 0 unspecified atom stereocenters. The summed E-state index contributed by atoms with van der Waals surface area (Å²) in [4.78, 5) is 23.2. The topological polar surface area (TPSA) is 103 Å². The second kappa shape index (κ2) is 10.1. The van der Waals surface area contributed by atoms with Gasteiger partial charge >= 0.3 is 6.09 Å². The predicted molar refractivity (Wildman–Crippen MR) is 91.5 cm³/mol. The van der Waals surface area contributed by atoms with E-state index in [1.54, 1.807) is 25.1 Å². The number of carbonyl (C=O) groups is 2. The summed E-state index contributed by atoms with van der Waals surface area (Å²) < 4.78 is 4.70. The predicted octanol–water partition coefficient (Wildman–Crippen LogP) is 2.33. The number of nitrogens with one attached hydrogen (secondary N) is 3. The van der Waals surface area contributed by atoms with E-state index in [1.807, 2.05) is 13.0 Å². The van der Waals surface area contributed by atoms with Crippen molar-refractivity contribution in [2.24, 2.45) is 0 Å². The van der Waals surface area contributed by atoms with Crippen LogP contribution >= 0.6 is 11.6 Å². The number of ether oxygens (including phenoxy) is 1. The Morgan fingerprint density at radius 1 is 1.38 bits per heavy atom. The molecule has 3 N–H and O–H groups in total. The molecule has 0 aliphatic carbocycles. The highest BCUT2D eigenvalue weighted by molar-refractivity contribution is 6.31. The lowest BCUT2D eigenvalue weighted by molar-refractivity contribution is -0.112. The van der Waals surface area contributed by atoms with Gasteiger partial charge in [0.25, 0.3) is 5.91 Å². The van der Waals surface area contributed by atoms with Gasteiger partial charge in [-0.3, -0.25) is 4.79 Å². The SMILES string of the molecule is CCOC(=O)NCCN/C=C(/C#N)C(=O)Nc1cc(Cl)ccc1C. The smallest absolute Gasteiger partial charge is 0.407 e. The molecule has 0 heterocycles. The van der Waals surface area contributed by atoms with Gasteiger partial charge in [0, 0.05) is 30.0 Å².